The number of benzene rings is 1. The summed E-state index contributed by atoms with van der Waals surface area (Å²) in [5, 5.41) is 2.84. The molecule has 0 spiro atoms. The highest BCUT2D eigenvalue weighted by molar-refractivity contribution is 5.76. The van der Waals surface area contributed by atoms with Crippen LogP contribution in [0.3, 0.4) is 0 Å². The minimum atomic E-state index is -0.288. The zero-order valence-corrected chi connectivity index (χ0v) is 13.7. The first-order valence-corrected chi connectivity index (χ1v) is 8.44. The number of nitrogens with one attached hydrogen (secondary N) is 1. The zero-order valence-electron chi connectivity index (χ0n) is 13.7. The molecule has 0 saturated carbocycles. The van der Waals surface area contributed by atoms with Crippen LogP contribution in [0.25, 0.3) is 0 Å². The average molecular weight is 334 g/mol. The SMILES string of the molecule is O=C(NCc1ccc(F)cc1)N1CCN(C(=O)N2CCCC2)CC1. The van der Waals surface area contributed by atoms with Crippen molar-refractivity contribution in [3.05, 3.63) is 35.6 Å². The van der Waals surface area contributed by atoms with Crippen LogP contribution in [0, 0.1) is 5.82 Å². The van der Waals surface area contributed by atoms with E-state index in [1.165, 1.54) is 12.1 Å². The quantitative estimate of drug-likeness (QED) is 0.898. The second-order valence-corrected chi connectivity index (χ2v) is 6.24. The fourth-order valence-electron chi connectivity index (χ4n) is 3.10. The van der Waals surface area contributed by atoms with Gasteiger partial charge in [-0.1, -0.05) is 12.1 Å². The van der Waals surface area contributed by atoms with Crippen LogP contribution in [0.5, 0.6) is 0 Å². The Morgan fingerprint density at radius 1 is 0.875 bits per heavy atom. The number of hydrogen-bond acceptors (Lipinski definition) is 2. The van der Waals surface area contributed by atoms with Crippen molar-refractivity contribution < 1.29 is 14.0 Å². The van der Waals surface area contributed by atoms with Gasteiger partial charge in [-0.05, 0) is 30.5 Å². The third-order valence-electron chi connectivity index (χ3n) is 4.57. The van der Waals surface area contributed by atoms with E-state index in [0.29, 0.717) is 32.7 Å². The third-order valence-corrected chi connectivity index (χ3v) is 4.57. The van der Waals surface area contributed by atoms with Crippen LogP contribution in [-0.2, 0) is 6.54 Å². The summed E-state index contributed by atoms with van der Waals surface area (Å²) in [6.07, 6.45) is 2.16. The van der Waals surface area contributed by atoms with Gasteiger partial charge in [0.05, 0.1) is 0 Å². The predicted molar refractivity (Wildman–Crippen MR) is 88.0 cm³/mol. The molecule has 130 valence electrons. The molecule has 24 heavy (non-hydrogen) atoms. The Kier molecular flexibility index (Phi) is 5.17. The van der Waals surface area contributed by atoms with Crippen LogP contribution < -0.4 is 5.32 Å². The topological polar surface area (TPSA) is 55.9 Å². The fraction of sp³-hybridized carbons (Fsp3) is 0.529. The van der Waals surface area contributed by atoms with Crippen molar-refractivity contribution in [3.8, 4) is 0 Å². The molecule has 2 aliphatic rings. The van der Waals surface area contributed by atoms with E-state index in [9.17, 15) is 14.0 Å². The van der Waals surface area contributed by atoms with Crippen molar-refractivity contribution in [3.63, 3.8) is 0 Å². The van der Waals surface area contributed by atoms with Crippen molar-refractivity contribution in [2.75, 3.05) is 39.3 Å². The number of amides is 4. The summed E-state index contributed by atoms with van der Waals surface area (Å²) in [7, 11) is 0. The molecule has 2 aliphatic heterocycles. The molecular weight excluding hydrogens is 311 g/mol. The molecule has 0 aromatic heterocycles. The number of urea groups is 2. The minimum Gasteiger partial charge on any atom is -0.334 e. The maximum atomic E-state index is 12.9. The van der Waals surface area contributed by atoms with Crippen molar-refractivity contribution in [2.24, 2.45) is 0 Å². The Morgan fingerprint density at radius 3 is 2.04 bits per heavy atom. The van der Waals surface area contributed by atoms with Crippen LogP contribution in [-0.4, -0.2) is 66.0 Å². The van der Waals surface area contributed by atoms with Gasteiger partial charge < -0.3 is 20.0 Å². The lowest BCUT2D eigenvalue weighted by atomic mass is 10.2. The molecule has 3 rings (SSSR count). The van der Waals surface area contributed by atoms with Crippen molar-refractivity contribution in [1.29, 1.82) is 0 Å². The molecule has 2 saturated heterocycles. The number of nitrogens with zero attached hydrogens (tertiary/aromatic N) is 3. The average Bonchev–Trinajstić information content (AvgIpc) is 3.15. The molecule has 0 radical (unpaired) electrons. The largest absolute Gasteiger partial charge is 0.334 e. The molecule has 6 nitrogen and oxygen atoms in total. The van der Waals surface area contributed by atoms with Crippen LogP contribution in [0.2, 0.25) is 0 Å². The summed E-state index contributed by atoms with van der Waals surface area (Å²) < 4.78 is 12.9. The van der Waals surface area contributed by atoms with Gasteiger partial charge in [-0.15, -0.1) is 0 Å². The number of rotatable bonds is 2. The van der Waals surface area contributed by atoms with Gasteiger partial charge in [0.25, 0.3) is 0 Å². The predicted octanol–water partition coefficient (Wildman–Crippen LogP) is 1.87. The lowest BCUT2D eigenvalue weighted by Gasteiger charge is -2.36. The van der Waals surface area contributed by atoms with E-state index in [-0.39, 0.29) is 17.9 Å². The molecule has 0 bridgehead atoms. The lowest BCUT2D eigenvalue weighted by molar-refractivity contribution is 0.124. The lowest BCUT2D eigenvalue weighted by Crippen LogP contribution is -2.55. The van der Waals surface area contributed by atoms with Gasteiger partial charge >= 0.3 is 12.1 Å². The maximum absolute atomic E-state index is 12.9. The molecule has 2 fully saturated rings. The summed E-state index contributed by atoms with van der Waals surface area (Å²) in [4.78, 5) is 30.0. The molecule has 2 heterocycles. The summed E-state index contributed by atoms with van der Waals surface area (Å²) in [5.41, 5.74) is 0.854. The van der Waals surface area contributed by atoms with Gasteiger partial charge in [0, 0.05) is 45.8 Å². The van der Waals surface area contributed by atoms with E-state index in [1.807, 2.05) is 9.80 Å². The van der Waals surface area contributed by atoms with Crippen molar-refractivity contribution in [2.45, 2.75) is 19.4 Å². The van der Waals surface area contributed by atoms with Crippen LogP contribution in [0.4, 0.5) is 14.0 Å². The number of carbonyl (C=O) groups excluding carboxylic acids is 2. The highest BCUT2D eigenvalue weighted by atomic mass is 19.1. The molecule has 0 atom stereocenters. The van der Waals surface area contributed by atoms with Gasteiger partial charge in [-0.2, -0.15) is 0 Å². The first kappa shape index (κ1) is 16.5. The highest BCUT2D eigenvalue weighted by Crippen LogP contribution is 2.12. The molecule has 1 aromatic carbocycles. The summed E-state index contributed by atoms with van der Waals surface area (Å²) >= 11 is 0. The molecule has 0 unspecified atom stereocenters. The summed E-state index contributed by atoms with van der Waals surface area (Å²) in [5.74, 6) is -0.288. The highest BCUT2D eigenvalue weighted by Gasteiger charge is 2.28. The second kappa shape index (κ2) is 7.51. The third kappa shape index (κ3) is 3.96. The molecular formula is C17H23FN4O2. The molecule has 1 aromatic rings. The van der Waals surface area contributed by atoms with E-state index in [4.69, 9.17) is 0 Å². The Balaban J connectivity index is 1.43. The number of piperazine rings is 1. The van der Waals surface area contributed by atoms with Crippen LogP contribution >= 0.6 is 0 Å². The maximum Gasteiger partial charge on any atom is 0.320 e. The molecule has 4 amide bonds. The van der Waals surface area contributed by atoms with E-state index in [0.717, 1.165) is 31.5 Å². The summed E-state index contributed by atoms with van der Waals surface area (Å²) in [6.45, 7) is 4.27. The zero-order chi connectivity index (χ0) is 16.9. The smallest absolute Gasteiger partial charge is 0.320 e. The van der Waals surface area contributed by atoms with Gasteiger partial charge in [-0.3, -0.25) is 0 Å². The molecule has 1 N–H and O–H groups in total. The Hall–Kier alpha value is -2.31. The number of carbonyl (C=O) groups is 2. The summed E-state index contributed by atoms with van der Waals surface area (Å²) in [6, 6.07) is 6.02. The Labute approximate surface area is 141 Å². The Morgan fingerprint density at radius 2 is 1.42 bits per heavy atom. The number of halogens is 1. The van der Waals surface area contributed by atoms with E-state index >= 15 is 0 Å². The standard InChI is InChI=1S/C17H23FN4O2/c18-15-5-3-14(4-6-15)13-19-16(23)20-9-11-22(12-10-20)17(24)21-7-1-2-8-21/h3-6H,1-2,7-13H2,(H,19,23). The first-order chi connectivity index (χ1) is 11.6. The van der Waals surface area contributed by atoms with Gasteiger partial charge in [0.1, 0.15) is 5.82 Å². The molecule has 7 heteroatoms. The first-order valence-electron chi connectivity index (χ1n) is 8.44. The van der Waals surface area contributed by atoms with E-state index in [1.54, 1.807) is 17.0 Å². The number of likely N-dealkylation sites (tertiary alicyclic amines) is 1. The van der Waals surface area contributed by atoms with E-state index < -0.39 is 0 Å². The monoisotopic (exact) mass is 334 g/mol. The van der Waals surface area contributed by atoms with Crippen molar-refractivity contribution in [1.82, 2.24) is 20.0 Å². The number of hydrogen-bond donors (Lipinski definition) is 1. The van der Waals surface area contributed by atoms with Crippen molar-refractivity contribution >= 4 is 12.1 Å². The van der Waals surface area contributed by atoms with Gasteiger partial charge in [-0.25, -0.2) is 14.0 Å². The van der Waals surface area contributed by atoms with Crippen LogP contribution in [0.15, 0.2) is 24.3 Å². The molecule has 0 aliphatic carbocycles. The minimum absolute atomic E-state index is 0.0962. The van der Waals surface area contributed by atoms with Gasteiger partial charge in [0.2, 0.25) is 0 Å². The van der Waals surface area contributed by atoms with Gasteiger partial charge in [0.15, 0.2) is 0 Å². The fourth-order valence-corrected chi connectivity index (χ4v) is 3.10. The second-order valence-electron chi connectivity index (χ2n) is 6.24. The normalized spacial score (nSPS) is 18.0. The Bertz CT molecular complexity index is 579. The van der Waals surface area contributed by atoms with Crippen LogP contribution in [0.1, 0.15) is 18.4 Å². The van der Waals surface area contributed by atoms with E-state index in [2.05, 4.69) is 5.32 Å².